The second-order valence-corrected chi connectivity index (χ2v) is 16.8. The van der Waals surface area contributed by atoms with Gasteiger partial charge in [-0.2, -0.15) is 11.8 Å². The van der Waals surface area contributed by atoms with Crippen LogP contribution in [0.4, 0.5) is 4.79 Å². The van der Waals surface area contributed by atoms with E-state index in [1.807, 2.05) is 11.8 Å². The van der Waals surface area contributed by atoms with E-state index in [2.05, 4.69) is 26.6 Å². The number of ether oxygens (including phenoxy) is 3. The van der Waals surface area contributed by atoms with Crippen molar-refractivity contribution in [2.75, 3.05) is 126 Å². The first-order valence-corrected chi connectivity index (χ1v) is 22.8. The number of nitrogens with two attached hydrogens (primary N) is 2. The third-order valence-corrected chi connectivity index (χ3v) is 12.1. The van der Waals surface area contributed by atoms with Gasteiger partial charge in [-0.05, 0) is 58.5 Å². The summed E-state index contributed by atoms with van der Waals surface area (Å²) in [6.45, 7) is -0.115. The number of nitrogens with one attached hydrogen (secondary N) is 5. The van der Waals surface area contributed by atoms with Gasteiger partial charge >= 0.3 is 6.03 Å². The van der Waals surface area contributed by atoms with Crippen LogP contribution in [-0.2, 0) is 47.8 Å². The summed E-state index contributed by atoms with van der Waals surface area (Å²) in [5.74, 6) is -2.51. The standard InChI is InChI=1S/C40H73N11O11S/c1-43-23-34(54)50(18-21-61-3)26-35(55)48(16-10-8-14-41)25-37(57)51(19-22-62-4)27-36(56)49(17-20-60-2)24-33(53)45-29(39(42)58)11-7-9-15-44-32(52)13-6-5-12-31-38-30(28-63-31)46-40(59)47-38/h29-31,38,43H,5-28,41H2,1-4H3,(H2,42,58)(H,44,52)(H,45,53)(H2,46,47,59)/t29-,30-,31?,38-/m0/s1. The Morgan fingerprint density at radius 2 is 1.30 bits per heavy atom. The molecule has 23 heteroatoms. The fraction of sp³-hybridized carbons (Fsp3) is 0.800. The van der Waals surface area contributed by atoms with E-state index in [0.29, 0.717) is 50.4 Å². The smallest absolute Gasteiger partial charge is 0.315 e. The highest BCUT2D eigenvalue weighted by molar-refractivity contribution is 8.00. The number of unbranched alkanes of at least 4 members (excludes halogenated alkanes) is 3. The fourth-order valence-corrected chi connectivity index (χ4v) is 8.58. The number of carbonyl (C=O) groups excluding carboxylic acids is 8. The summed E-state index contributed by atoms with van der Waals surface area (Å²) in [7, 11) is 5.97. The molecule has 1 unspecified atom stereocenters. The molecule has 2 saturated heterocycles. The molecule has 2 rings (SSSR count). The summed E-state index contributed by atoms with van der Waals surface area (Å²) in [6, 6.07) is -0.831. The monoisotopic (exact) mass is 916 g/mol. The molecular weight excluding hydrogens is 843 g/mol. The van der Waals surface area contributed by atoms with Crippen LogP contribution in [0.25, 0.3) is 0 Å². The van der Waals surface area contributed by atoms with Gasteiger partial charge in [-0.15, -0.1) is 0 Å². The number of methoxy groups -OCH3 is 3. The predicted octanol–water partition coefficient (Wildman–Crippen LogP) is -2.82. The van der Waals surface area contributed by atoms with Gasteiger partial charge < -0.3 is 71.9 Å². The minimum Gasteiger partial charge on any atom is -0.383 e. The van der Waals surface area contributed by atoms with Crippen molar-refractivity contribution < 1.29 is 52.6 Å². The average molecular weight is 916 g/mol. The molecule has 0 aliphatic carbocycles. The van der Waals surface area contributed by atoms with Gasteiger partial charge in [-0.25, -0.2) is 4.79 Å². The van der Waals surface area contributed by atoms with Crippen molar-refractivity contribution in [1.82, 2.24) is 46.2 Å². The number of carbonyl (C=O) groups is 8. The maximum Gasteiger partial charge on any atom is 0.315 e. The Morgan fingerprint density at radius 3 is 1.86 bits per heavy atom. The number of urea groups is 1. The van der Waals surface area contributed by atoms with E-state index in [4.69, 9.17) is 25.7 Å². The average Bonchev–Trinajstić information content (AvgIpc) is 3.81. The first-order valence-electron chi connectivity index (χ1n) is 21.7. The summed E-state index contributed by atoms with van der Waals surface area (Å²) in [5.41, 5.74) is 11.3. The number of rotatable bonds is 35. The van der Waals surface area contributed by atoms with E-state index in [1.54, 1.807) is 7.05 Å². The summed E-state index contributed by atoms with van der Waals surface area (Å²) < 4.78 is 15.5. The Balaban J connectivity index is 1.93. The van der Waals surface area contributed by atoms with E-state index in [9.17, 15) is 38.4 Å². The largest absolute Gasteiger partial charge is 0.383 e. The Morgan fingerprint density at radius 1 is 0.730 bits per heavy atom. The third-order valence-electron chi connectivity index (χ3n) is 10.6. The van der Waals surface area contributed by atoms with Gasteiger partial charge in [0.2, 0.25) is 41.4 Å². The number of amides is 9. The molecule has 2 heterocycles. The number of thioether (sulfide) groups is 1. The fourth-order valence-electron chi connectivity index (χ4n) is 7.03. The number of hydrogen-bond donors (Lipinski definition) is 7. The summed E-state index contributed by atoms with van der Waals surface area (Å²) in [4.78, 5) is 109. The molecule has 2 aliphatic heterocycles. The topological polar surface area (TPSA) is 289 Å². The molecule has 9 N–H and O–H groups in total. The number of primary amides is 1. The van der Waals surface area contributed by atoms with Gasteiger partial charge in [0.1, 0.15) is 6.04 Å². The lowest BCUT2D eigenvalue weighted by atomic mass is 10.0. The van der Waals surface area contributed by atoms with Gasteiger partial charge in [0.05, 0.1) is 64.6 Å². The first-order chi connectivity index (χ1) is 30.3. The van der Waals surface area contributed by atoms with Crippen molar-refractivity contribution in [3.8, 4) is 0 Å². The maximum atomic E-state index is 13.8. The third kappa shape index (κ3) is 21.3. The first kappa shape index (κ1) is 54.8. The van der Waals surface area contributed by atoms with Crippen LogP contribution in [-0.4, -0.2) is 216 Å². The highest BCUT2D eigenvalue weighted by Gasteiger charge is 2.42. The van der Waals surface area contributed by atoms with Crippen LogP contribution in [0.3, 0.4) is 0 Å². The molecule has 2 fully saturated rings. The van der Waals surface area contributed by atoms with E-state index in [0.717, 1.165) is 25.0 Å². The van der Waals surface area contributed by atoms with Gasteiger partial charge in [0, 0.05) is 71.5 Å². The van der Waals surface area contributed by atoms with Crippen LogP contribution in [0.1, 0.15) is 57.8 Å². The molecule has 0 bridgehead atoms. The van der Waals surface area contributed by atoms with Crippen LogP contribution < -0.4 is 38.1 Å². The number of likely N-dealkylation sites (N-methyl/N-ethyl adjacent to an activating group) is 1. The van der Waals surface area contributed by atoms with E-state index in [-0.39, 0.29) is 102 Å². The number of fused-ring (bicyclic) bond motifs is 1. The minimum absolute atomic E-state index is 0.00148. The zero-order valence-electron chi connectivity index (χ0n) is 37.6. The molecule has 63 heavy (non-hydrogen) atoms. The molecule has 2 aliphatic rings. The zero-order chi connectivity index (χ0) is 46.6. The molecule has 0 radical (unpaired) electrons. The minimum atomic E-state index is -1.03. The lowest BCUT2D eigenvalue weighted by molar-refractivity contribution is -0.147. The summed E-state index contributed by atoms with van der Waals surface area (Å²) in [6.07, 6.45) is 5.23. The normalized spacial score (nSPS) is 16.9. The number of hydrogen-bond acceptors (Lipinski definition) is 14. The number of nitrogens with zero attached hydrogens (tertiary/aromatic N) is 4. The summed E-state index contributed by atoms with van der Waals surface area (Å²) in [5, 5.41) is 14.5. The molecule has 0 spiro atoms. The molecular formula is C40H73N11O11S. The predicted molar refractivity (Wildman–Crippen MR) is 236 cm³/mol. The van der Waals surface area contributed by atoms with Crippen LogP contribution in [0.15, 0.2) is 0 Å². The van der Waals surface area contributed by atoms with Crippen molar-refractivity contribution in [1.29, 1.82) is 0 Å². The Kier molecular flexibility index (Phi) is 27.5. The lowest BCUT2D eigenvalue weighted by Crippen LogP contribution is -2.53. The van der Waals surface area contributed by atoms with E-state index >= 15 is 0 Å². The zero-order valence-corrected chi connectivity index (χ0v) is 38.4. The molecule has 22 nitrogen and oxygen atoms in total. The van der Waals surface area contributed by atoms with Crippen molar-refractivity contribution >= 4 is 59.1 Å². The highest BCUT2D eigenvalue weighted by atomic mass is 32.2. The second-order valence-electron chi connectivity index (χ2n) is 15.5. The van der Waals surface area contributed by atoms with E-state index < -0.39 is 48.7 Å². The van der Waals surface area contributed by atoms with Gasteiger partial charge in [0.15, 0.2) is 0 Å². The van der Waals surface area contributed by atoms with Gasteiger partial charge in [-0.1, -0.05) is 6.42 Å². The molecule has 0 aromatic rings. The van der Waals surface area contributed by atoms with Crippen molar-refractivity contribution in [3.63, 3.8) is 0 Å². The van der Waals surface area contributed by atoms with Crippen LogP contribution >= 0.6 is 11.8 Å². The Bertz CT molecular complexity index is 1470. The molecule has 4 atom stereocenters. The lowest BCUT2D eigenvalue weighted by Gasteiger charge is -2.31. The molecule has 0 aromatic carbocycles. The SMILES string of the molecule is CNCC(=O)N(CCOC)CC(=O)N(CCCCN)CC(=O)N(CCOC)CC(=O)N(CCOC)CC(=O)N[C@@H](CCCCNC(=O)CCCCC1SC[C@@H]2NC(=O)N[C@H]12)C(N)=O. The van der Waals surface area contributed by atoms with Crippen molar-refractivity contribution in [2.24, 2.45) is 11.5 Å². The summed E-state index contributed by atoms with van der Waals surface area (Å²) >= 11 is 1.84. The second kappa shape index (κ2) is 31.5. The molecule has 360 valence electrons. The van der Waals surface area contributed by atoms with Gasteiger partial charge in [-0.3, -0.25) is 33.6 Å². The van der Waals surface area contributed by atoms with Crippen LogP contribution in [0.5, 0.6) is 0 Å². The van der Waals surface area contributed by atoms with Gasteiger partial charge in [0.25, 0.3) is 0 Å². The molecule has 0 aromatic heterocycles. The Hall–Kier alpha value is -4.29. The molecule has 9 amide bonds. The van der Waals surface area contributed by atoms with E-state index in [1.165, 1.54) is 40.9 Å². The van der Waals surface area contributed by atoms with Crippen LogP contribution in [0.2, 0.25) is 0 Å². The van der Waals surface area contributed by atoms with Crippen molar-refractivity contribution in [2.45, 2.75) is 81.2 Å². The maximum absolute atomic E-state index is 13.8. The highest BCUT2D eigenvalue weighted by Crippen LogP contribution is 2.33. The quantitative estimate of drug-likeness (QED) is 0.0250. The van der Waals surface area contributed by atoms with Crippen molar-refractivity contribution in [3.05, 3.63) is 0 Å². The van der Waals surface area contributed by atoms with Crippen LogP contribution in [0, 0.1) is 0 Å². The molecule has 0 saturated carbocycles. The Labute approximate surface area is 375 Å².